The number of phenols is 2. The molecule has 0 bridgehead atoms. The summed E-state index contributed by atoms with van der Waals surface area (Å²) in [6, 6.07) is 5.00. The summed E-state index contributed by atoms with van der Waals surface area (Å²) in [5, 5.41) is 22.9. The van der Waals surface area contributed by atoms with Gasteiger partial charge in [-0.05, 0) is 50.8 Å². The molecule has 1 heterocycles. The minimum absolute atomic E-state index is 0.00458. The lowest BCUT2D eigenvalue weighted by molar-refractivity contribution is 0.0546. The van der Waals surface area contributed by atoms with Crippen LogP contribution in [-0.2, 0) is 4.74 Å². The largest absolute Gasteiger partial charge is 0.508 e. The molecule has 1 aromatic rings. The Labute approximate surface area is 114 Å². The number of ether oxygens (including phenoxy) is 1. The minimum Gasteiger partial charge on any atom is -0.508 e. The van der Waals surface area contributed by atoms with Crippen LogP contribution in [0.1, 0.15) is 38.3 Å². The van der Waals surface area contributed by atoms with Gasteiger partial charge in [0, 0.05) is 30.9 Å². The van der Waals surface area contributed by atoms with Crippen molar-refractivity contribution in [1.29, 1.82) is 0 Å². The van der Waals surface area contributed by atoms with E-state index in [0.717, 1.165) is 31.6 Å². The molecule has 0 amide bonds. The zero-order chi connectivity index (χ0) is 13.8. The summed E-state index contributed by atoms with van der Waals surface area (Å²) >= 11 is 0. The van der Waals surface area contributed by atoms with E-state index in [2.05, 4.69) is 12.2 Å². The van der Waals surface area contributed by atoms with Gasteiger partial charge in [0.05, 0.1) is 0 Å². The van der Waals surface area contributed by atoms with E-state index in [1.165, 1.54) is 12.1 Å². The van der Waals surface area contributed by atoms with E-state index in [-0.39, 0.29) is 17.5 Å². The van der Waals surface area contributed by atoms with Crippen molar-refractivity contribution in [2.75, 3.05) is 13.2 Å². The van der Waals surface area contributed by atoms with Gasteiger partial charge in [0.2, 0.25) is 0 Å². The Morgan fingerprint density at radius 1 is 1.21 bits per heavy atom. The standard InChI is InChI=1S/C15H23NO3/c1-10(12-5-7-19-8-6-12)16-11(2)14-9-13(17)3-4-15(14)18/h3-4,9-12,16-18H,5-8H2,1-2H3. The van der Waals surface area contributed by atoms with Crippen molar-refractivity contribution in [2.24, 2.45) is 5.92 Å². The molecule has 4 heteroatoms. The normalized spacial score (nSPS) is 20.1. The van der Waals surface area contributed by atoms with Gasteiger partial charge in [0.1, 0.15) is 11.5 Å². The molecule has 0 aromatic heterocycles. The first-order valence-electron chi connectivity index (χ1n) is 6.93. The van der Waals surface area contributed by atoms with Crippen molar-refractivity contribution in [3.8, 4) is 11.5 Å². The highest BCUT2D eigenvalue weighted by atomic mass is 16.5. The van der Waals surface area contributed by atoms with Crippen LogP contribution >= 0.6 is 0 Å². The molecule has 0 aliphatic carbocycles. The lowest BCUT2D eigenvalue weighted by Crippen LogP contribution is -2.38. The minimum atomic E-state index is 0.00458. The van der Waals surface area contributed by atoms with E-state index in [4.69, 9.17) is 4.74 Å². The lowest BCUT2D eigenvalue weighted by Gasteiger charge is -2.31. The second-order valence-electron chi connectivity index (χ2n) is 5.37. The van der Waals surface area contributed by atoms with Gasteiger partial charge in [0.15, 0.2) is 0 Å². The molecule has 0 saturated carbocycles. The van der Waals surface area contributed by atoms with Crippen LogP contribution in [-0.4, -0.2) is 29.5 Å². The number of aromatic hydroxyl groups is 2. The first-order valence-corrected chi connectivity index (χ1v) is 6.93. The number of rotatable bonds is 4. The predicted molar refractivity (Wildman–Crippen MR) is 74.3 cm³/mol. The maximum Gasteiger partial charge on any atom is 0.120 e. The van der Waals surface area contributed by atoms with Gasteiger partial charge < -0.3 is 20.3 Å². The molecule has 2 rings (SSSR count). The SMILES string of the molecule is CC(NC(C)C1CCOCC1)c1cc(O)ccc1O. The number of benzene rings is 1. The summed E-state index contributed by atoms with van der Waals surface area (Å²) in [6.07, 6.45) is 2.15. The zero-order valence-electron chi connectivity index (χ0n) is 11.6. The molecular formula is C15H23NO3. The van der Waals surface area contributed by atoms with E-state index in [1.807, 2.05) is 6.92 Å². The summed E-state index contributed by atoms with van der Waals surface area (Å²) in [4.78, 5) is 0. The average Bonchev–Trinajstić information content (AvgIpc) is 2.42. The van der Waals surface area contributed by atoms with Crippen molar-refractivity contribution >= 4 is 0 Å². The van der Waals surface area contributed by atoms with E-state index < -0.39 is 0 Å². The smallest absolute Gasteiger partial charge is 0.120 e. The molecule has 1 aromatic carbocycles. The van der Waals surface area contributed by atoms with Gasteiger partial charge in [-0.15, -0.1) is 0 Å². The van der Waals surface area contributed by atoms with E-state index in [9.17, 15) is 10.2 Å². The van der Waals surface area contributed by atoms with Crippen LogP contribution in [0.25, 0.3) is 0 Å². The Morgan fingerprint density at radius 2 is 1.89 bits per heavy atom. The fourth-order valence-electron chi connectivity index (χ4n) is 2.72. The third kappa shape index (κ3) is 3.61. The third-order valence-corrected chi connectivity index (χ3v) is 3.96. The van der Waals surface area contributed by atoms with E-state index >= 15 is 0 Å². The van der Waals surface area contributed by atoms with Gasteiger partial charge in [-0.25, -0.2) is 0 Å². The summed E-state index contributed by atoms with van der Waals surface area (Å²) in [6.45, 7) is 5.85. The molecule has 2 atom stereocenters. The molecular weight excluding hydrogens is 242 g/mol. The molecule has 1 fully saturated rings. The number of hydrogen-bond acceptors (Lipinski definition) is 4. The molecule has 2 unspecified atom stereocenters. The first-order chi connectivity index (χ1) is 9.08. The fourth-order valence-corrected chi connectivity index (χ4v) is 2.72. The second-order valence-corrected chi connectivity index (χ2v) is 5.37. The Bertz CT molecular complexity index is 416. The van der Waals surface area contributed by atoms with Crippen LogP contribution in [0.2, 0.25) is 0 Å². The molecule has 3 N–H and O–H groups in total. The summed E-state index contributed by atoms with van der Waals surface area (Å²) < 4.78 is 5.37. The van der Waals surface area contributed by atoms with Crippen molar-refractivity contribution in [3.63, 3.8) is 0 Å². The molecule has 1 aliphatic rings. The Hall–Kier alpha value is -1.26. The Balaban J connectivity index is 1.99. The molecule has 4 nitrogen and oxygen atoms in total. The fraction of sp³-hybridized carbons (Fsp3) is 0.600. The van der Waals surface area contributed by atoms with Gasteiger partial charge in [-0.3, -0.25) is 0 Å². The van der Waals surface area contributed by atoms with Crippen LogP contribution in [0, 0.1) is 5.92 Å². The molecule has 106 valence electrons. The monoisotopic (exact) mass is 265 g/mol. The molecule has 0 radical (unpaired) electrons. The topological polar surface area (TPSA) is 61.7 Å². The summed E-state index contributed by atoms with van der Waals surface area (Å²) in [5.41, 5.74) is 0.735. The Morgan fingerprint density at radius 3 is 2.58 bits per heavy atom. The van der Waals surface area contributed by atoms with E-state index in [0.29, 0.717) is 12.0 Å². The number of phenolic OH excluding ortho intramolecular Hbond substituents is 2. The first kappa shape index (κ1) is 14.2. The van der Waals surface area contributed by atoms with Crippen LogP contribution in [0.15, 0.2) is 18.2 Å². The van der Waals surface area contributed by atoms with Crippen LogP contribution in [0.3, 0.4) is 0 Å². The second kappa shape index (κ2) is 6.26. The third-order valence-electron chi connectivity index (χ3n) is 3.96. The van der Waals surface area contributed by atoms with Crippen LogP contribution in [0.5, 0.6) is 11.5 Å². The predicted octanol–water partition coefficient (Wildman–Crippen LogP) is 2.56. The maximum absolute atomic E-state index is 9.86. The highest BCUT2D eigenvalue weighted by molar-refractivity contribution is 5.40. The molecule has 0 spiro atoms. The van der Waals surface area contributed by atoms with Gasteiger partial charge in [0.25, 0.3) is 0 Å². The number of nitrogens with one attached hydrogen (secondary N) is 1. The zero-order valence-corrected chi connectivity index (χ0v) is 11.6. The van der Waals surface area contributed by atoms with Crippen LogP contribution < -0.4 is 5.32 Å². The van der Waals surface area contributed by atoms with Crippen LogP contribution in [0.4, 0.5) is 0 Å². The average molecular weight is 265 g/mol. The summed E-state index contributed by atoms with van der Waals surface area (Å²) in [5.74, 6) is 1.01. The van der Waals surface area contributed by atoms with Crippen molar-refractivity contribution in [2.45, 2.75) is 38.8 Å². The van der Waals surface area contributed by atoms with E-state index in [1.54, 1.807) is 6.07 Å². The van der Waals surface area contributed by atoms with Crippen molar-refractivity contribution in [3.05, 3.63) is 23.8 Å². The maximum atomic E-state index is 9.86. The quantitative estimate of drug-likeness (QED) is 0.732. The van der Waals surface area contributed by atoms with Crippen molar-refractivity contribution < 1.29 is 14.9 Å². The molecule has 19 heavy (non-hydrogen) atoms. The van der Waals surface area contributed by atoms with Gasteiger partial charge in [-0.2, -0.15) is 0 Å². The molecule has 1 aliphatic heterocycles. The van der Waals surface area contributed by atoms with Crippen molar-refractivity contribution in [1.82, 2.24) is 5.32 Å². The summed E-state index contributed by atoms with van der Waals surface area (Å²) in [7, 11) is 0. The van der Waals surface area contributed by atoms with Gasteiger partial charge >= 0.3 is 0 Å². The lowest BCUT2D eigenvalue weighted by atomic mass is 9.92. The van der Waals surface area contributed by atoms with Gasteiger partial charge in [-0.1, -0.05) is 0 Å². The highest BCUT2D eigenvalue weighted by Crippen LogP contribution is 2.29. The highest BCUT2D eigenvalue weighted by Gasteiger charge is 2.22. The number of hydrogen-bond donors (Lipinski definition) is 3. The Kier molecular flexibility index (Phi) is 4.66. The molecule has 1 saturated heterocycles.